The molecule has 1 saturated carbocycles. The molecule has 1 aromatic heterocycles. The Hall–Kier alpha value is -1.36. The highest BCUT2D eigenvalue weighted by Gasteiger charge is 2.33. The highest BCUT2D eigenvalue weighted by atomic mass is 16.3. The first-order valence-corrected chi connectivity index (χ1v) is 6.52. The van der Waals surface area contributed by atoms with Crippen molar-refractivity contribution < 1.29 is 5.11 Å². The van der Waals surface area contributed by atoms with Crippen LogP contribution in [-0.2, 0) is 0 Å². The van der Waals surface area contributed by atoms with E-state index in [1.165, 1.54) is 12.8 Å². The van der Waals surface area contributed by atoms with Crippen LogP contribution in [-0.4, -0.2) is 28.2 Å². The largest absolute Gasteiger partial charge is 0.396 e. The number of nitrogen functional groups attached to an aromatic ring is 1. The van der Waals surface area contributed by atoms with Crippen LogP contribution in [0.3, 0.4) is 0 Å². The van der Waals surface area contributed by atoms with E-state index >= 15 is 0 Å². The molecular formula is C13H22N4O. The number of aliphatic hydroxyl groups is 1. The molecule has 100 valence electrons. The summed E-state index contributed by atoms with van der Waals surface area (Å²) in [5.41, 5.74) is 6.73. The average molecular weight is 250 g/mol. The number of nitrogens with zero attached hydrogens (tertiary/aromatic N) is 2. The van der Waals surface area contributed by atoms with Crippen LogP contribution in [0.1, 0.15) is 37.1 Å². The molecule has 5 nitrogen and oxygen atoms in total. The lowest BCUT2D eigenvalue weighted by Gasteiger charge is -2.27. The molecule has 0 aliphatic heterocycles. The van der Waals surface area contributed by atoms with Crippen LogP contribution in [0.25, 0.3) is 0 Å². The summed E-state index contributed by atoms with van der Waals surface area (Å²) in [6.45, 7) is 4.73. The second-order valence-electron chi connectivity index (χ2n) is 5.35. The van der Waals surface area contributed by atoms with Gasteiger partial charge in [-0.15, -0.1) is 0 Å². The molecule has 18 heavy (non-hydrogen) atoms. The number of aryl methyl sites for hydroxylation is 1. The molecule has 1 aliphatic rings. The van der Waals surface area contributed by atoms with Crippen molar-refractivity contribution >= 4 is 11.6 Å². The van der Waals surface area contributed by atoms with Gasteiger partial charge in [-0.2, -0.15) is 0 Å². The maximum Gasteiger partial charge on any atom is 0.134 e. The molecule has 1 aliphatic carbocycles. The topological polar surface area (TPSA) is 84.1 Å². The summed E-state index contributed by atoms with van der Waals surface area (Å²) >= 11 is 0. The van der Waals surface area contributed by atoms with Crippen LogP contribution in [0, 0.1) is 19.3 Å². The van der Waals surface area contributed by atoms with E-state index in [0.29, 0.717) is 11.6 Å². The Labute approximate surface area is 108 Å². The van der Waals surface area contributed by atoms with Crippen LogP contribution < -0.4 is 11.1 Å². The van der Waals surface area contributed by atoms with Crippen LogP contribution >= 0.6 is 0 Å². The Balaban J connectivity index is 2.10. The van der Waals surface area contributed by atoms with E-state index in [0.717, 1.165) is 30.8 Å². The van der Waals surface area contributed by atoms with Gasteiger partial charge in [-0.05, 0) is 26.7 Å². The van der Waals surface area contributed by atoms with E-state index in [1.54, 1.807) is 0 Å². The van der Waals surface area contributed by atoms with Gasteiger partial charge in [-0.1, -0.05) is 12.8 Å². The van der Waals surface area contributed by atoms with Gasteiger partial charge in [0.05, 0.1) is 6.61 Å². The predicted molar refractivity (Wildman–Crippen MR) is 72.4 cm³/mol. The number of hydrogen-bond acceptors (Lipinski definition) is 5. The number of aromatic nitrogens is 2. The quantitative estimate of drug-likeness (QED) is 0.756. The lowest BCUT2D eigenvalue weighted by Crippen LogP contribution is -2.31. The van der Waals surface area contributed by atoms with E-state index < -0.39 is 0 Å². The molecular weight excluding hydrogens is 228 g/mol. The fraction of sp³-hybridized carbons (Fsp3) is 0.692. The van der Waals surface area contributed by atoms with Gasteiger partial charge < -0.3 is 16.2 Å². The zero-order valence-electron chi connectivity index (χ0n) is 11.2. The molecule has 1 fully saturated rings. The van der Waals surface area contributed by atoms with Crippen LogP contribution in [0.2, 0.25) is 0 Å². The summed E-state index contributed by atoms with van der Waals surface area (Å²) in [4.78, 5) is 8.50. The smallest absolute Gasteiger partial charge is 0.134 e. The normalized spacial score (nSPS) is 17.9. The van der Waals surface area contributed by atoms with E-state index in [-0.39, 0.29) is 12.0 Å². The van der Waals surface area contributed by atoms with Gasteiger partial charge in [0.25, 0.3) is 0 Å². The van der Waals surface area contributed by atoms with Crippen LogP contribution in [0.5, 0.6) is 0 Å². The van der Waals surface area contributed by atoms with Gasteiger partial charge >= 0.3 is 0 Å². The summed E-state index contributed by atoms with van der Waals surface area (Å²) in [5.74, 6) is 1.99. The van der Waals surface area contributed by atoms with Crippen molar-refractivity contribution in [1.82, 2.24) is 9.97 Å². The zero-order valence-corrected chi connectivity index (χ0v) is 11.2. The summed E-state index contributed by atoms with van der Waals surface area (Å²) < 4.78 is 0. The van der Waals surface area contributed by atoms with Crippen molar-refractivity contribution in [2.45, 2.75) is 39.5 Å². The highest BCUT2D eigenvalue weighted by molar-refractivity contribution is 5.54. The molecule has 0 bridgehead atoms. The molecule has 0 unspecified atom stereocenters. The summed E-state index contributed by atoms with van der Waals surface area (Å²) in [6.07, 6.45) is 4.56. The van der Waals surface area contributed by atoms with Crippen molar-refractivity contribution in [1.29, 1.82) is 0 Å². The third kappa shape index (κ3) is 2.56. The number of aliphatic hydroxyl groups excluding tert-OH is 1. The molecule has 1 heterocycles. The minimum absolute atomic E-state index is 0.0139. The first kappa shape index (κ1) is 13.1. The molecule has 0 radical (unpaired) electrons. The standard InChI is InChI=1S/C13H22N4O/c1-9-11(14)16-10(2)17-12(9)15-7-13(8-18)5-3-4-6-13/h18H,3-8H2,1-2H3,(H3,14,15,16,17). The monoisotopic (exact) mass is 250 g/mol. The second-order valence-corrected chi connectivity index (χ2v) is 5.35. The van der Waals surface area contributed by atoms with Gasteiger partial charge in [0.1, 0.15) is 17.5 Å². The number of anilines is 2. The Morgan fingerprint density at radius 3 is 2.56 bits per heavy atom. The first-order valence-electron chi connectivity index (χ1n) is 6.52. The van der Waals surface area contributed by atoms with Gasteiger partial charge in [0.2, 0.25) is 0 Å². The summed E-state index contributed by atoms with van der Waals surface area (Å²) in [5, 5.41) is 12.9. The fourth-order valence-electron chi connectivity index (χ4n) is 2.61. The molecule has 0 atom stereocenters. The maximum absolute atomic E-state index is 9.58. The number of rotatable bonds is 4. The maximum atomic E-state index is 9.58. The number of nitrogens with two attached hydrogens (primary N) is 1. The number of hydrogen-bond donors (Lipinski definition) is 3. The molecule has 0 spiro atoms. The van der Waals surface area contributed by atoms with Crippen LogP contribution in [0.15, 0.2) is 0 Å². The number of nitrogens with one attached hydrogen (secondary N) is 1. The molecule has 2 rings (SSSR count). The van der Waals surface area contributed by atoms with Gasteiger partial charge in [-0.25, -0.2) is 9.97 Å². The first-order chi connectivity index (χ1) is 8.56. The van der Waals surface area contributed by atoms with Crippen molar-refractivity contribution in [3.8, 4) is 0 Å². The minimum Gasteiger partial charge on any atom is -0.396 e. The van der Waals surface area contributed by atoms with Gasteiger partial charge in [-0.3, -0.25) is 0 Å². The van der Waals surface area contributed by atoms with Crippen molar-refractivity contribution in [2.24, 2.45) is 5.41 Å². The molecule has 0 aromatic carbocycles. The SMILES string of the molecule is Cc1nc(N)c(C)c(NCC2(CO)CCCC2)n1. The molecule has 4 N–H and O–H groups in total. The Morgan fingerprint density at radius 2 is 1.94 bits per heavy atom. The predicted octanol–water partition coefficient (Wildman–Crippen LogP) is 1.64. The molecule has 5 heteroatoms. The zero-order chi connectivity index (χ0) is 13.2. The second kappa shape index (κ2) is 5.10. The summed E-state index contributed by atoms with van der Waals surface area (Å²) in [7, 11) is 0. The average Bonchev–Trinajstić information content (AvgIpc) is 2.81. The Morgan fingerprint density at radius 1 is 1.28 bits per heavy atom. The van der Waals surface area contributed by atoms with Crippen LogP contribution in [0.4, 0.5) is 11.6 Å². The van der Waals surface area contributed by atoms with Gasteiger partial charge in [0, 0.05) is 17.5 Å². The summed E-state index contributed by atoms with van der Waals surface area (Å²) in [6, 6.07) is 0. The van der Waals surface area contributed by atoms with E-state index in [9.17, 15) is 5.11 Å². The van der Waals surface area contributed by atoms with Crippen molar-refractivity contribution in [2.75, 3.05) is 24.2 Å². The Kier molecular flexibility index (Phi) is 3.71. The lowest BCUT2D eigenvalue weighted by atomic mass is 9.87. The van der Waals surface area contributed by atoms with Crippen molar-refractivity contribution in [3.63, 3.8) is 0 Å². The third-order valence-electron chi connectivity index (χ3n) is 3.93. The molecule has 0 amide bonds. The minimum atomic E-state index is 0.0139. The fourth-order valence-corrected chi connectivity index (χ4v) is 2.61. The van der Waals surface area contributed by atoms with Gasteiger partial charge in [0.15, 0.2) is 0 Å². The molecule has 0 saturated heterocycles. The van der Waals surface area contributed by atoms with E-state index in [2.05, 4.69) is 15.3 Å². The Bertz CT molecular complexity index is 427. The van der Waals surface area contributed by atoms with E-state index in [4.69, 9.17) is 5.73 Å². The lowest BCUT2D eigenvalue weighted by molar-refractivity contribution is 0.142. The van der Waals surface area contributed by atoms with Crippen molar-refractivity contribution in [3.05, 3.63) is 11.4 Å². The third-order valence-corrected chi connectivity index (χ3v) is 3.93. The molecule has 1 aromatic rings. The van der Waals surface area contributed by atoms with E-state index in [1.807, 2.05) is 13.8 Å². The highest BCUT2D eigenvalue weighted by Crippen LogP contribution is 2.37.